The Hall–Kier alpha value is -2.31. The van der Waals surface area contributed by atoms with Crippen LogP contribution in [0.25, 0.3) is 0 Å². The first-order chi connectivity index (χ1) is 11.8. The summed E-state index contributed by atoms with van der Waals surface area (Å²) in [5.74, 6) is 0.382. The third-order valence-corrected chi connectivity index (χ3v) is 4.69. The number of nitrogens with two attached hydrogens (primary N) is 1. The minimum Gasteiger partial charge on any atom is -0.494 e. The lowest BCUT2D eigenvalue weighted by Crippen LogP contribution is -2.28. The number of hydrogen-bond acceptors (Lipinski definition) is 5. The normalized spacial score (nSPS) is 17.2. The standard InChI is InChI=1S/C16H22N4O4S/c1-3-4-14(21)20-8-7-12(10-20)13-6-5-11(9-17)15(16(13)24-2)19-25(18,22)23/h5-6,12,19H,3-4,7-8,10H2,1-2H3,(H2,18,22,23). The first-order valence-corrected chi connectivity index (χ1v) is 9.54. The third-order valence-electron chi connectivity index (χ3n) is 4.20. The van der Waals surface area contributed by atoms with Crippen molar-refractivity contribution in [3.63, 3.8) is 0 Å². The average Bonchev–Trinajstić information content (AvgIpc) is 3.03. The number of likely N-dealkylation sites (tertiary alicyclic amines) is 1. The molecule has 0 saturated carbocycles. The molecule has 0 radical (unpaired) electrons. The van der Waals surface area contributed by atoms with E-state index in [-0.39, 0.29) is 28.8 Å². The molecule has 1 aliphatic rings. The Morgan fingerprint density at radius 2 is 2.24 bits per heavy atom. The number of anilines is 1. The summed E-state index contributed by atoms with van der Waals surface area (Å²) < 4.78 is 30.4. The summed E-state index contributed by atoms with van der Waals surface area (Å²) in [5.41, 5.74) is 0.898. The quantitative estimate of drug-likeness (QED) is 0.785. The van der Waals surface area contributed by atoms with E-state index in [2.05, 4.69) is 4.72 Å². The van der Waals surface area contributed by atoms with Crippen molar-refractivity contribution in [2.45, 2.75) is 32.1 Å². The lowest BCUT2D eigenvalue weighted by Gasteiger charge is -2.20. The van der Waals surface area contributed by atoms with Crippen molar-refractivity contribution < 1.29 is 17.9 Å². The second kappa shape index (κ2) is 7.72. The molecule has 1 amide bonds. The Bertz CT molecular complexity index is 801. The number of hydrogen-bond donors (Lipinski definition) is 2. The molecule has 1 fully saturated rings. The molecule has 1 atom stereocenters. The molecule has 1 saturated heterocycles. The van der Waals surface area contributed by atoms with E-state index in [1.165, 1.54) is 13.2 Å². The van der Waals surface area contributed by atoms with Crippen LogP contribution in [0.4, 0.5) is 5.69 Å². The molecule has 136 valence electrons. The van der Waals surface area contributed by atoms with Gasteiger partial charge in [-0.15, -0.1) is 0 Å². The van der Waals surface area contributed by atoms with Crippen molar-refractivity contribution in [1.29, 1.82) is 5.26 Å². The van der Waals surface area contributed by atoms with Gasteiger partial charge in [-0.05, 0) is 18.9 Å². The van der Waals surface area contributed by atoms with Crippen LogP contribution >= 0.6 is 0 Å². The molecular weight excluding hydrogens is 344 g/mol. The summed E-state index contributed by atoms with van der Waals surface area (Å²) in [6.45, 7) is 3.14. The van der Waals surface area contributed by atoms with Gasteiger partial charge in [0.25, 0.3) is 10.2 Å². The van der Waals surface area contributed by atoms with Gasteiger partial charge in [-0.25, -0.2) is 5.14 Å². The van der Waals surface area contributed by atoms with E-state index >= 15 is 0 Å². The molecule has 8 nitrogen and oxygen atoms in total. The minimum atomic E-state index is -4.06. The van der Waals surface area contributed by atoms with Crippen molar-refractivity contribution in [1.82, 2.24) is 4.90 Å². The molecule has 2 rings (SSSR count). The number of benzene rings is 1. The van der Waals surface area contributed by atoms with E-state index in [4.69, 9.17) is 9.88 Å². The second-order valence-corrected chi connectivity index (χ2v) is 7.24. The Balaban J connectivity index is 2.38. The van der Waals surface area contributed by atoms with Crippen LogP contribution in [0.3, 0.4) is 0 Å². The van der Waals surface area contributed by atoms with Crippen molar-refractivity contribution >= 4 is 21.8 Å². The summed E-state index contributed by atoms with van der Waals surface area (Å²) in [6, 6.07) is 5.20. The molecule has 0 aliphatic carbocycles. The highest BCUT2D eigenvalue weighted by molar-refractivity contribution is 7.90. The molecule has 1 aromatic rings. The summed E-state index contributed by atoms with van der Waals surface area (Å²) in [7, 11) is -2.65. The highest BCUT2D eigenvalue weighted by Gasteiger charge is 2.30. The fraction of sp³-hybridized carbons (Fsp3) is 0.500. The Labute approximate surface area is 147 Å². The Morgan fingerprint density at radius 1 is 1.52 bits per heavy atom. The Kier molecular flexibility index (Phi) is 5.87. The van der Waals surface area contributed by atoms with Crippen molar-refractivity contribution in [3.05, 3.63) is 23.3 Å². The Morgan fingerprint density at radius 3 is 2.80 bits per heavy atom. The number of rotatable bonds is 6. The molecule has 9 heteroatoms. The van der Waals surface area contributed by atoms with Crippen LogP contribution in [0, 0.1) is 11.3 Å². The van der Waals surface area contributed by atoms with Gasteiger partial charge < -0.3 is 9.64 Å². The number of methoxy groups -OCH3 is 1. The van der Waals surface area contributed by atoms with E-state index in [1.54, 1.807) is 11.0 Å². The molecule has 1 aromatic carbocycles. The zero-order valence-corrected chi connectivity index (χ0v) is 15.1. The van der Waals surface area contributed by atoms with Crippen LogP contribution < -0.4 is 14.6 Å². The maximum absolute atomic E-state index is 12.1. The zero-order valence-electron chi connectivity index (χ0n) is 14.3. The van der Waals surface area contributed by atoms with Crippen LogP contribution in [0.2, 0.25) is 0 Å². The van der Waals surface area contributed by atoms with Crippen molar-refractivity contribution in [2.75, 3.05) is 24.9 Å². The SMILES string of the molecule is CCCC(=O)N1CCC(c2ccc(C#N)c(NS(N)(=O)=O)c2OC)C1. The predicted molar refractivity (Wildman–Crippen MR) is 93.3 cm³/mol. The van der Waals surface area contributed by atoms with E-state index in [9.17, 15) is 18.5 Å². The summed E-state index contributed by atoms with van der Waals surface area (Å²) in [4.78, 5) is 13.9. The first kappa shape index (κ1) is 19.0. The third kappa shape index (κ3) is 4.41. The molecule has 1 heterocycles. The maximum Gasteiger partial charge on any atom is 0.296 e. The molecule has 1 aliphatic heterocycles. The number of nitrogens with one attached hydrogen (secondary N) is 1. The molecule has 0 bridgehead atoms. The van der Waals surface area contributed by atoms with Gasteiger partial charge in [-0.2, -0.15) is 13.7 Å². The van der Waals surface area contributed by atoms with E-state index in [0.717, 1.165) is 18.4 Å². The topological polar surface area (TPSA) is 126 Å². The maximum atomic E-state index is 12.1. The molecular formula is C16H22N4O4S. The molecule has 0 aromatic heterocycles. The fourth-order valence-corrected chi connectivity index (χ4v) is 3.58. The average molecular weight is 366 g/mol. The van der Waals surface area contributed by atoms with Crippen LogP contribution in [-0.2, 0) is 15.0 Å². The number of carbonyl (C=O) groups excluding carboxylic acids is 1. The number of nitriles is 1. The summed E-state index contributed by atoms with van der Waals surface area (Å²) >= 11 is 0. The van der Waals surface area contributed by atoms with E-state index in [0.29, 0.717) is 19.5 Å². The smallest absolute Gasteiger partial charge is 0.296 e. The van der Waals surface area contributed by atoms with Gasteiger partial charge in [-0.3, -0.25) is 9.52 Å². The lowest BCUT2D eigenvalue weighted by molar-refractivity contribution is -0.130. The number of ether oxygens (including phenoxy) is 1. The van der Waals surface area contributed by atoms with Crippen molar-refractivity contribution in [3.8, 4) is 11.8 Å². The van der Waals surface area contributed by atoms with Crippen LogP contribution in [0.5, 0.6) is 5.75 Å². The summed E-state index contributed by atoms with van der Waals surface area (Å²) in [6.07, 6.45) is 2.05. The summed E-state index contributed by atoms with van der Waals surface area (Å²) in [5, 5.41) is 14.3. The number of amides is 1. The van der Waals surface area contributed by atoms with Gasteiger partial charge in [0.15, 0.2) is 0 Å². The number of carbonyl (C=O) groups is 1. The van der Waals surface area contributed by atoms with Crippen LogP contribution in [0.15, 0.2) is 12.1 Å². The molecule has 3 N–H and O–H groups in total. The van der Waals surface area contributed by atoms with Crippen LogP contribution in [0.1, 0.15) is 43.2 Å². The lowest BCUT2D eigenvalue weighted by atomic mass is 9.95. The monoisotopic (exact) mass is 366 g/mol. The van der Waals surface area contributed by atoms with Gasteiger partial charge in [0, 0.05) is 31.0 Å². The van der Waals surface area contributed by atoms with Crippen LogP contribution in [-0.4, -0.2) is 39.4 Å². The van der Waals surface area contributed by atoms with E-state index < -0.39 is 10.2 Å². The number of nitrogens with zero attached hydrogens (tertiary/aromatic N) is 2. The van der Waals surface area contributed by atoms with Gasteiger partial charge in [-0.1, -0.05) is 13.0 Å². The fourth-order valence-electron chi connectivity index (χ4n) is 3.09. The van der Waals surface area contributed by atoms with Gasteiger partial charge in [0.05, 0.1) is 12.7 Å². The van der Waals surface area contributed by atoms with Crippen molar-refractivity contribution in [2.24, 2.45) is 5.14 Å². The largest absolute Gasteiger partial charge is 0.494 e. The van der Waals surface area contributed by atoms with Gasteiger partial charge in [0.1, 0.15) is 17.5 Å². The van der Waals surface area contributed by atoms with Gasteiger partial charge in [0.2, 0.25) is 5.91 Å². The second-order valence-electron chi connectivity index (χ2n) is 5.94. The molecule has 25 heavy (non-hydrogen) atoms. The van der Waals surface area contributed by atoms with Gasteiger partial charge >= 0.3 is 0 Å². The minimum absolute atomic E-state index is 0.00419. The first-order valence-electron chi connectivity index (χ1n) is 8.00. The molecule has 0 spiro atoms. The zero-order chi connectivity index (χ0) is 18.6. The van der Waals surface area contributed by atoms with E-state index in [1.807, 2.05) is 13.0 Å². The predicted octanol–water partition coefficient (Wildman–Crippen LogP) is 1.30. The highest BCUT2D eigenvalue weighted by atomic mass is 32.2. The molecule has 1 unspecified atom stereocenters. The highest BCUT2D eigenvalue weighted by Crippen LogP contribution is 2.40.